The lowest BCUT2D eigenvalue weighted by molar-refractivity contribution is 0.00598. The molecule has 4 nitrogen and oxygen atoms in total. The normalized spacial score (nSPS) is 40.9. The van der Waals surface area contributed by atoms with Gasteiger partial charge in [0.2, 0.25) is 0 Å². The molecule has 0 amide bonds. The van der Waals surface area contributed by atoms with Gasteiger partial charge in [0.15, 0.2) is 0 Å². The third-order valence-corrected chi connectivity index (χ3v) is 2.16. The lowest BCUT2D eigenvalue weighted by atomic mass is 10.0. The summed E-state index contributed by atoms with van der Waals surface area (Å²) in [5.74, 6) is 0. The number of aliphatic hydroxyl groups excluding tert-OH is 3. The smallest absolute Gasteiger partial charge is 0.0989 e. The fourth-order valence-electron chi connectivity index (χ4n) is 1.36. The Bertz CT molecular complexity index is 131. The topological polar surface area (TPSA) is 72.7 Å². The van der Waals surface area contributed by atoms with E-state index < -0.39 is 18.3 Å². The van der Waals surface area contributed by atoms with Gasteiger partial charge in [-0.15, -0.1) is 0 Å². The van der Waals surface area contributed by atoms with Crippen LogP contribution in [0.1, 0.15) is 13.3 Å². The lowest BCUT2D eigenvalue weighted by Crippen LogP contribution is -2.42. The summed E-state index contributed by atoms with van der Waals surface area (Å²) < 4.78 is 0. The molecule has 1 aliphatic heterocycles. The first-order valence-electron chi connectivity index (χ1n) is 3.94. The van der Waals surface area contributed by atoms with Gasteiger partial charge in [-0.3, -0.25) is 0 Å². The summed E-state index contributed by atoms with van der Waals surface area (Å²) in [6.45, 7) is 2.20. The van der Waals surface area contributed by atoms with Gasteiger partial charge in [-0.05, 0) is 6.42 Å². The van der Waals surface area contributed by atoms with E-state index in [1.165, 1.54) is 0 Å². The summed E-state index contributed by atoms with van der Waals surface area (Å²) in [5, 5.41) is 30.5. The molecule has 4 N–H and O–H groups in total. The van der Waals surface area contributed by atoms with E-state index >= 15 is 0 Å². The Morgan fingerprint density at radius 2 is 2.18 bits per heavy atom. The van der Waals surface area contributed by atoms with Crippen LogP contribution in [0.4, 0.5) is 0 Å². The molecule has 0 spiro atoms. The predicted molar refractivity (Wildman–Crippen MR) is 40.1 cm³/mol. The third kappa shape index (κ3) is 1.70. The van der Waals surface area contributed by atoms with Gasteiger partial charge >= 0.3 is 0 Å². The van der Waals surface area contributed by atoms with Crippen LogP contribution < -0.4 is 5.32 Å². The first kappa shape index (κ1) is 8.93. The highest BCUT2D eigenvalue weighted by molar-refractivity contribution is 4.93. The standard InChI is InChI=1S/C7H15NO3/c1-2-4(9)6-7(11)5(10)3-8-6/h4-11H,2-3H2,1H3/t4?,5-,6-,7+/m1/s1. The number of nitrogens with one attached hydrogen (secondary N) is 1. The molecule has 11 heavy (non-hydrogen) atoms. The van der Waals surface area contributed by atoms with Crippen molar-refractivity contribution in [2.75, 3.05) is 6.54 Å². The molecule has 0 saturated carbocycles. The zero-order valence-electron chi connectivity index (χ0n) is 6.57. The van der Waals surface area contributed by atoms with Crippen LogP contribution in [0.3, 0.4) is 0 Å². The number of aliphatic hydroxyl groups is 3. The van der Waals surface area contributed by atoms with Crippen LogP contribution in [0.2, 0.25) is 0 Å². The molecule has 4 atom stereocenters. The van der Waals surface area contributed by atoms with Crippen molar-refractivity contribution in [2.45, 2.75) is 37.7 Å². The van der Waals surface area contributed by atoms with E-state index in [0.29, 0.717) is 13.0 Å². The van der Waals surface area contributed by atoms with Gasteiger partial charge in [0.05, 0.1) is 24.4 Å². The van der Waals surface area contributed by atoms with Gasteiger partial charge in [0.25, 0.3) is 0 Å². The molecule has 4 heteroatoms. The number of β-amino-alcohol motifs (C(OH)–C–C–N with tert-alkyl or cyclic N) is 1. The van der Waals surface area contributed by atoms with Crippen LogP contribution in [0.15, 0.2) is 0 Å². The second-order valence-corrected chi connectivity index (χ2v) is 2.97. The summed E-state index contributed by atoms with van der Waals surface area (Å²) in [4.78, 5) is 0. The van der Waals surface area contributed by atoms with Crippen molar-refractivity contribution in [2.24, 2.45) is 0 Å². The zero-order valence-corrected chi connectivity index (χ0v) is 6.57. The van der Waals surface area contributed by atoms with Crippen molar-refractivity contribution in [1.82, 2.24) is 5.32 Å². The SMILES string of the molecule is CCC(O)[C@H]1NC[C@@H](O)[C@@H]1O. The quantitative estimate of drug-likeness (QED) is 0.396. The molecular formula is C7H15NO3. The molecule has 1 fully saturated rings. The fraction of sp³-hybridized carbons (Fsp3) is 1.00. The van der Waals surface area contributed by atoms with E-state index in [1.54, 1.807) is 0 Å². The van der Waals surface area contributed by atoms with E-state index in [9.17, 15) is 10.2 Å². The van der Waals surface area contributed by atoms with E-state index in [-0.39, 0.29) is 6.04 Å². The van der Waals surface area contributed by atoms with Crippen molar-refractivity contribution in [1.29, 1.82) is 0 Å². The van der Waals surface area contributed by atoms with Gasteiger partial charge in [-0.1, -0.05) is 6.92 Å². The minimum absolute atomic E-state index is 0.364. The fourth-order valence-corrected chi connectivity index (χ4v) is 1.36. The van der Waals surface area contributed by atoms with E-state index in [2.05, 4.69) is 5.32 Å². The van der Waals surface area contributed by atoms with E-state index in [0.717, 1.165) is 0 Å². The van der Waals surface area contributed by atoms with Crippen LogP contribution in [-0.4, -0.2) is 46.2 Å². The van der Waals surface area contributed by atoms with Gasteiger partial charge in [-0.25, -0.2) is 0 Å². The predicted octanol–water partition coefficient (Wildman–Crippen LogP) is -1.55. The maximum absolute atomic E-state index is 9.31. The van der Waals surface area contributed by atoms with Crippen molar-refractivity contribution < 1.29 is 15.3 Å². The van der Waals surface area contributed by atoms with Crippen molar-refractivity contribution in [3.63, 3.8) is 0 Å². The molecule has 66 valence electrons. The van der Waals surface area contributed by atoms with E-state index in [4.69, 9.17) is 5.11 Å². The Balaban J connectivity index is 2.47. The summed E-state index contributed by atoms with van der Waals surface area (Å²) >= 11 is 0. The number of hydrogen-bond donors (Lipinski definition) is 4. The molecule has 1 saturated heterocycles. The monoisotopic (exact) mass is 161 g/mol. The molecule has 1 aliphatic rings. The van der Waals surface area contributed by atoms with Crippen LogP contribution in [-0.2, 0) is 0 Å². The molecule has 0 aromatic heterocycles. The minimum atomic E-state index is -0.829. The summed E-state index contributed by atoms with van der Waals surface area (Å²) in [7, 11) is 0. The zero-order chi connectivity index (χ0) is 8.43. The van der Waals surface area contributed by atoms with Gasteiger partial charge in [0, 0.05) is 6.54 Å². The Kier molecular flexibility index (Phi) is 2.84. The van der Waals surface area contributed by atoms with Crippen molar-refractivity contribution >= 4 is 0 Å². The molecule has 1 unspecified atom stereocenters. The largest absolute Gasteiger partial charge is 0.391 e. The van der Waals surface area contributed by atoms with Gasteiger partial charge in [-0.2, -0.15) is 0 Å². The Morgan fingerprint density at radius 3 is 2.55 bits per heavy atom. The van der Waals surface area contributed by atoms with Crippen LogP contribution in [0.25, 0.3) is 0 Å². The summed E-state index contributed by atoms with van der Waals surface area (Å²) in [5.41, 5.74) is 0. The summed E-state index contributed by atoms with van der Waals surface area (Å²) in [6.07, 6.45) is -1.55. The Morgan fingerprint density at radius 1 is 1.55 bits per heavy atom. The molecule has 0 bridgehead atoms. The highest BCUT2D eigenvalue weighted by atomic mass is 16.3. The Hall–Kier alpha value is -0.160. The molecule has 0 aliphatic carbocycles. The highest BCUT2D eigenvalue weighted by Crippen LogP contribution is 2.12. The number of hydrogen-bond acceptors (Lipinski definition) is 4. The third-order valence-electron chi connectivity index (χ3n) is 2.16. The average molecular weight is 161 g/mol. The van der Waals surface area contributed by atoms with Crippen LogP contribution in [0.5, 0.6) is 0 Å². The van der Waals surface area contributed by atoms with Gasteiger partial charge in [0.1, 0.15) is 0 Å². The molecular weight excluding hydrogens is 146 g/mol. The molecule has 0 radical (unpaired) electrons. The molecule has 1 rings (SSSR count). The lowest BCUT2D eigenvalue weighted by Gasteiger charge is -2.20. The maximum Gasteiger partial charge on any atom is 0.0989 e. The second kappa shape index (κ2) is 3.49. The maximum atomic E-state index is 9.31. The average Bonchev–Trinajstić information content (AvgIpc) is 2.32. The Labute approximate surface area is 65.9 Å². The van der Waals surface area contributed by atoms with Crippen molar-refractivity contribution in [3.05, 3.63) is 0 Å². The summed E-state index contributed by atoms with van der Waals surface area (Å²) in [6, 6.07) is -0.366. The second-order valence-electron chi connectivity index (χ2n) is 2.97. The number of rotatable bonds is 2. The highest BCUT2D eigenvalue weighted by Gasteiger charge is 2.36. The first-order valence-corrected chi connectivity index (χ1v) is 3.94. The molecule has 0 aromatic carbocycles. The van der Waals surface area contributed by atoms with Crippen LogP contribution in [0, 0.1) is 0 Å². The van der Waals surface area contributed by atoms with Gasteiger partial charge < -0.3 is 20.6 Å². The molecule has 0 aromatic rings. The minimum Gasteiger partial charge on any atom is -0.391 e. The first-order chi connectivity index (χ1) is 5.16. The molecule has 1 heterocycles. The van der Waals surface area contributed by atoms with Crippen LogP contribution >= 0.6 is 0 Å². The van der Waals surface area contributed by atoms with Crippen molar-refractivity contribution in [3.8, 4) is 0 Å². The van der Waals surface area contributed by atoms with E-state index in [1.807, 2.05) is 6.92 Å².